The molecular formula is C18H24ClN3S. The summed E-state index contributed by atoms with van der Waals surface area (Å²) in [5.74, 6) is 1.82. The van der Waals surface area contributed by atoms with Gasteiger partial charge < -0.3 is 15.1 Å². The molecule has 1 aliphatic heterocycles. The van der Waals surface area contributed by atoms with Crippen LogP contribution in [0.4, 0.5) is 5.69 Å². The number of fused-ring (bicyclic) bond motifs is 2. The largest absolute Gasteiger partial charge is 0.368 e. The van der Waals surface area contributed by atoms with Gasteiger partial charge in [0.15, 0.2) is 5.11 Å². The van der Waals surface area contributed by atoms with Crippen molar-refractivity contribution in [3.05, 3.63) is 29.3 Å². The fraction of sp³-hybridized carbons (Fsp3) is 0.611. The molecule has 3 fully saturated rings. The molecule has 0 unspecified atom stereocenters. The first-order valence-corrected chi connectivity index (χ1v) is 9.53. The second-order valence-electron chi connectivity index (χ2n) is 7.18. The molecule has 1 N–H and O–H groups in total. The van der Waals surface area contributed by atoms with Crippen LogP contribution in [0.2, 0.25) is 5.02 Å². The number of nitrogens with one attached hydrogen (secondary N) is 1. The Labute approximate surface area is 149 Å². The van der Waals surface area contributed by atoms with E-state index in [4.69, 9.17) is 23.8 Å². The number of anilines is 1. The van der Waals surface area contributed by atoms with E-state index in [0.29, 0.717) is 6.04 Å². The summed E-state index contributed by atoms with van der Waals surface area (Å²) in [6, 6.07) is 8.75. The van der Waals surface area contributed by atoms with Crippen LogP contribution in [0.3, 0.4) is 0 Å². The van der Waals surface area contributed by atoms with Crippen LogP contribution in [0.25, 0.3) is 0 Å². The van der Waals surface area contributed by atoms with E-state index < -0.39 is 0 Å². The van der Waals surface area contributed by atoms with Crippen molar-refractivity contribution in [1.29, 1.82) is 0 Å². The highest BCUT2D eigenvalue weighted by Crippen LogP contribution is 2.44. The van der Waals surface area contributed by atoms with E-state index in [1.165, 1.54) is 31.4 Å². The summed E-state index contributed by atoms with van der Waals surface area (Å²) in [4.78, 5) is 4.73. The molecule has 0 radical (unpaired) electrons. The lowest BCUT2D eigenvalue weighted by molar-refractivity contribution is 0.345. The van der Waals surface area contributed by atoms with Crippen LogP contribution in [0.1, 0.15) is 25.7 Å². The van der Waals surface area contributed by atoms with Gasteiger partial charge in [-0.1, -0.05) is 24.1 Å². The van der Waals surface area contributed by atoms with Crippen molar-refractivity contribution in [3.63, 3.8) is 0 Å². The minimum Gasteiger partial charge on any atom is -0.368 e. The van der Waals surface area contributed by atoms with Gasteiger partial charge in [-0.3, -0.25) is 0 Å². The molecule has 124 valence electrons. The Hall–Kier alpha value is -1.00. The van der Waals surface area contributed by atoms with Crippen molar-refractivity contribution < 1.29 is 0 Å². The van der Waals surface area contributed by atoms with Crippen molar-refractivity contribution in [2.24, 2.45) is 11.8 Å². The fourth-order valence-electron chi connectivity index (χ4n) is 4.51. The van der Waals surface area contributed by atoms with Crippen LogP contribution in [-0.2, 0) is 0 Å². The molecular weight excluding hydrogens is 326 g/mol. The Balaban J connectivity index is 1.30. The van der Waals surface area contributed by atoms with Crippen LogP contribution in [-0.4, -0.2) is 42.2 Å². The van der Waals surface area contributed by atoms with Crippen molar-refractivity contribution >= 4 is 34.6 Å². The lowest BCUT2D eigenvalue weighted by atomic mass is 9.95. The minimum absolute atomic E-state index is 0.632. The average molecular weight is 350 g/mol. The molecule has 3 aliphatic rings. The monoisotopic (exact) mass is 349 g/mol. The van der Waals surface area contributed by atoms with Gasteiger partial charge in [-0.15, -0.1) is 0 Å². The zero-order valence-corrected chi connectivity index (χ0v) is 15.0. The number of piperazine rings is 1. The number of hydrogen-bond donors (Lipinski definition) is 1. The highest BCUT2D eigenvalue weighted by Gasteiger charge is 2.40. The number of nitrogens with zero attached hydrogens (tertiary/aromatic N) is 2. The molecule has 3 atom stereocenters. The van der Waals surface area contributed by atoms with Gasteiger partial charge in [0.25, 0.3) is 0 Å². The van der Waals surface area contributed by atoms with Crippen LogP contribution in [0, 0.1) is 11.8 Å². The van der Waals surface area contributed by atoms with E-state index in [9.17, 15) is 0 Å². The summed E-state index contributed by atoms with van der Waals surface area (Å²) in [7, 11) is 0. The van der Waals surface area contributed by atoms with Crippen LogP contribution >= 0.6 is 23.8 Å². The highest BCUT2D eigenvalue weighted by atomic mass is 35.5. The molecule has 23 heavy (non-hydrogen) atoms. The van der Waals surface area contributed by atoms with E-state index in [1.54, 1.807) is 0 Å². The van der Waals surface area contributed by atoms with E-state index in [1.807, 2.05) is 18.2 Å². The van der Waals surface area contributed by atoms with Crippen LogP contribution < -0.4 is 10.2 Å². The zero-order chi connectivity index (χ0) is 15.8. The number of hydrogen-bond acceptors (Lipinski definition) is 2. The Morgan fingerprint density at radius 2 is 1.96 bits per heavy atom. The smallest absolute Gasteiger partial charge is 0.169 e. The van der Waals surface area contributed by atoms with Gasteiger partial charge in [0.1, 0.15) is 0 Å². The number of halogens is 1. The second kappa shape index (κ2) is 6.48. The first kappa shape index (κ1) is 15.5. The van der Waals surface area contributed by atoms with Crippen LogP contribution in [0.5, 0.6) is 0 Å². The molecule has 0 aromatic heterocycles. The molecule has 1 saturated heterocycles. The van der Waals surface area contributed by atoms with Gasteiger partial charge >= 0.3 is 0 Å². The van der Waals surface area contributed by atoms with E-state index in [2.05, 4.69) is 21.2 Å². The standard InChI is InChI=1S/C18H24ClN3S/c19-15-2-1-3-16(12-15)21-6-8-22(9-7-21)18(23)20-17-11-13-4-5-14(17)10-13/h1-3,12-14,17H,4-11H2,(H,20,23)/t13-,14+,17-/m0/s1. The van der Waals surface area contributed by atoms with Gasteiger partial charge in [-0.2, -0.15) is 0 Å². The van der Waals surface area contributed by atoms with Crippen molar-refractivity contribution in [2.75, 3.05) is 31.1 Å². The topological polar surface area (TPSA) is 18.5 Å². The molecule has 1 heterocycles. The molecule has 3 nitrogen and oxygen atoms in total. The molecule has 1 aromatic carbocycles. The lowest BCUT2D eigenvalue weighted by Gasteiger charge is -2.38. The van der Waals surface area contributed by atoms with Gasteiger partial charge in [0.05, 0.1) is 0 Å². The summed E-state index contributed by atoms with van der Waals surface area (Å²) < 4.78 is 0. The normalized spacial score (nSPS) is 29.9. The van der Waals surface area contributed by atoms with Gasteiger partial charge in [0.2, 0.25) is 0 Å². The van der Waals surface area contributed by atoms with Crippen LogP contribution in [0.15, 0.2) is 24.3 Å². The fourth-order valence-corrected chi connectivity index (χ4v) is 5.03. The van der Waals surface area contributed by atoms with Gasteiger partial charge in [-0.25, -0.2) is 0 Å². The average Bonchev–Trinajstić information content (AvgIpc) is 3.18. The number of benzene rings is 1. The number of thiocarbonyl (C=S) groups is 1. The first-order valence-electron chi connectivity index (χ1n) is 8.75. The third-order valence-electron chi connectivity index (χ3n) is 5.79. The van der Waals surface area contributed by atoms with E-state index in [-0.39, 0.29) is 0 Å². The third kappa shape index (κ3) is 3.29. The summed E-state index contributed by atoms with van der Waals surface area (Å²) in [6.07, 6.45) is 5.58. The Kier molecular flexibility index (Phi) is 4.37. The van der Waals surface area contributed by atoms with Crippen molar-refractivity contribution in [2.45, 2.75) is 31.7 Å². The maximum Gasteiger partial charge on any atom is 0.169 e. The molecule has 4 rings (SSSR count). The summed E-state index contributed by atoms with van der Waals surface area (Å²) in [5.41, 5.74) is 1.21. The predicted octanol–water partition coefficient (Wildman–Crippen LogP) is 3.53. The Bertz CT molecular complexity index is 585. The quantitative estimate of drug-likeness (QED) is 0.823. The first-order chi connectivity index (χ1) is 11.2. The maximum absolute atomic E-state index is 6.10. The zero-order valence-electron chi connectivity index (χ0n) is 13.4. The summed E-state index contributed by atoms with van der Waals surface area (Å²) in [5, 5.41) is 5.43. The van der Waals surface area contributed by atoms with Gasteiger partial charge in [-0.05, 0) is 61.5 Å². The predicted molar refractivity (Wildman–Crippen MR) is 100 cm³/mol. The highest BCUT2D eigenvalue weighted by molar-refractivity contribution is 7.80. The molecule has 5 heteroatoms. The minimum atomic E-state index is 0.632. The molecule has 0 amide bonds. The molecule has 2 saturated carbocycles. The molecule has 0 spiro atoms. The van der Waals surface area contributed by atoms with E-state index >= 15 is 0 Å². The summed E-state index contributed by atoms with van der Waals surface area (Å²) >= 11 is 11.8. The Morgan fingerprint density at radius 1 is 1.13 bits per heavy atom. The molecule has 2 aliphatic carbocycles. The lowest BCUT2D eigenvalue weighted by Crippen LogP contribution is -2.54. The molecule has 1 aromatic rings. The van der Waals surface area contributed by atoms with E-state index in [0.717, 1.165) is 48.1 Å². The summed E-state index contributed by atoms with van der Waals surface area (Å²) in [6.45, 7) is 3.97. The second-order valence-corrected chi connectivity index (χ2v) is 8.01. The maximum atomic E-state index is 6.10. The van der Waals surface area contributed by atoms with Gasteiger partial charge in [0, 0.05) is 42.9 Å². The Morgan fingerprint density at radius 3 is 2.61 bits per heavy atom. The van der Waals surface area contributed by atoms with Crippen molar-refractivity contribution in [1.82, 2.24) is 10.2 Å². The molecule has 2 bridgehead atoms. The SMILES string of the molecule is S=C(N[C@H]1C[C@H]2CC[C@@H]1C2)N1CCN(c2cccc(Cl)c2)CC1. The number of rotatable bonds is 2. The van der Waals surface area contributed by atoms with Crippen molar-refractivity contribution in [3.8, 4) is 0 Å². The third-order valence-corrected chi connectivity index (χ3v) is 6.40.